The van der Waals surface area contributed by atoms with Crippen molar-refractivity contribution in [2.45, 2.75) is 149 Å². The second kappa shape index (κ2) is 21.2. The highest BCUT2D eigenvalue weighted by Crippen LogP contribution is 2.60. The first-order chi connectivity index (χ1) is 24.8. The molecule has 2 aliphatic rings. The molecule has 0 saturated heterocycles. The number of nitrogens with one attached hydrogen (secondary N) is 1. The monoisotopic (exact) mass is 723 g/mol. The van der Waals surface area contributed by atoms with Crippen LogP contribution in [0.2, 0.25) is 0 Å². The number of ether oxygens (including phenoxy) is 1. The first kappa shape index (κ1) is 42.9. The van der Waals surface area contributed by atoms with E-state index < -0.39 is 15.4 Å². The smallest absolute Gasteiger partial charge is 0.306 e. The van der Waals surface area contributed by atoms with Gasteiger partial charge in [0.1, 0.15) is 12.3 Å². The number of carbonyl (C=O) groups is 1. The summed E-state index contributed by atoms with van der Waals surface area (Å²) < 4.78 is 5.56. The number of nitro groups is 2. The summed E-state index contributed by atoms with van der Waals surface area (Å²) >= 11 is 0. The molecule has 1 aromatic rings. The van der Waals surface area contributed by atoms with Crippen LogP contribution in [0.3, 0.4) is 0 Å². The number of benzene rings is 1. The van der Waals surface area contributed by atoms with E-state index in [2.05, 4.69) is 51.2 Å². The van der Waals surface area contributed by atoms with E-state index in [4.69, 9.17) is 4.74 Å². The average molecular weight is 724 g/mol. The lowest BCUT2D eigenvalue weighted by Gasteiger charge is -2.44. The number of esters is 1. The second-order valence-corrected chi connectivity index (χ2v) is 15.8. The Morgan fingerprint density at radius 3 is 2.58 bits per heavy atom. The Balaban J connectivity index is 1.47. The van der Waals surface area contributed by atoms with Gasteiger partial charge in [0.05, 0.1) is 21.5 Å². The quantitative estimate of drug-likeness (QED) is 0.0373. The van der Waals surface area contributed by atoms with Crippen LogP contribution in [-0.4, -0.2) is 39.7 Å². The van der Waals surface area contributed by atoms with Crippen LogP contribution in [0.25, 0.3) is 0 Å². The SMILES string of the molecule is CCCCCC(/C=C\C=C1/CCCC2(C)C1CCC2[C@H](C)CCCC(C)(O)CC)=C\COC(=O)CCCCCNc1ccc([N+](=O)[O-])cc1[N+](=O)[O-]. The van der Waals surface area contributed by atoms with Crippen LogP contribution in [0.4, 0.5) is 17.1 Å². The van der Waals surface area contributed by atoms with Crippen LogP contribution >= 0.6 is 0 Å². The predicted molar refractivity (Wildman–Crippen MR) is 209 cm³/mol. The van der Waals surface area contributed by atoms with Crippen molar-refractivity contribution in [3.8, 4) is 0 Å². The number of unbranched alkanes of at least 4 members (excludes halogenated alkanes) is 4. The number of allylic oxidation sites excluding steroid dienone is 5. The molecule has 2 saturated carbocycles. The van der Waals surface area contributed by atoms with Gasteiger partial charge >= 0.3 is 5.97 Å². The van der Waals surface area contributed by atoms with Crippen LogP contribution < -0.4 is 5.32 Å². The van der Waals surface area contributed by atoms with Gasteiger partial charge < -0.3 is 15.2 Å². The van der Waals surface area contributed by atoms with Gasteiger partial charge in [-0.3, -0.25) is 25.0 Å². The van der Waals surface area contributed by atoms with Crippen LogP contribution in [-0.2, 0) is 9.53 Å². The second-order valence-electron chi connectivity index (χ2n) is 15.8. The van der Waals surface area contributed by atoms with Crippen molar-refractivity contribution in [1.29, 1.82) is 0 Å². The summed E-state index contributed by atoms with van der Waals surface area (Å²) in [6.45, 7) is 11.9. The highest BCUT2D eigenvalue weighted by molar-refractivity contribution is 5.69. The summed E-state index contributed by atoms with van der Waals surface area (Å²) in [5.41, 5.74) is 2.18. The first-order valence-electron chi connectivity index (χ1n) is 19.9. The van der Waals surface area contributed by atoms with Gasteiger partial charge in [-0.25, -0.2) is 0 Å². The van der Waals surface area contributed by atoms with Gasteiger partial charge in [0.25, 0.3) is 11.4 Å². The van der Waals surface area contributed by atoms with Gasteiger partial charge in [-0.15, -0.1) is 0 Å². The van der Waals surface area contributed by atoms with E-state index in [-0.39, 0.29) is 29.6 Å². The molecule has 0 heterocycles. The van der Waals surface area contributed by atoms with E-state index in [0.29, 0.717) is 43.1 Å². The topological polar surface area (TPSA) is 145 Å². The van der Waals surface area contributed by atoms with Gasteiger partial charge in [-0.2, -0.15) is 0 Å². The Morgan fingerprint density at radius 2 is 1.87 bits per heavy atom. The van der Waals surface area contributed by atoms with Gasteiger partial charge in [-0.05, 0) is 118 Å². The Hall–Kier alpha value is -3.53. The number of rotatable bonds is 23. The van der Waals surface area contributed by atoms with E-state index in [1.807, 2.05) is 13.0 Å². The first-order valence-corrected chi connectivity index (χ1v) is 19.9. The number of hydrogen-bond acceptors (Lipinski definition) is 8. The molecular formula is C42H65N3O7. The van der Waals surface area contributed by atoms with Gasteiger partial charge in [0.15, 0.2) is 0 Å². The van der Waals surface area contributed by atoms with Crippen molar-refractivity contribution in [2.75, 3.05) is 18.5 Å². The fourth-order valence-electron chi connectivity index (χ4n) is 8.57. The highest BCUT2D eigenvalue weighted by Gasteiger charge is 2.50. The number of non-ortho nitro benzene ring substituents is 1. The van der Waals surface area contributed by atoms with E-state index in [0.717, 1.165) is 63.4 Å². The van der Waals surface area contributed by atoms with Crippen LogP contribution in [0.15, 0.2) is 53.6 Å². The van der Waals surface area contributed by atoms with Crippen molar-refractivity contribution in [3.63, 3.8) is 0 Å². The lowest BCUT2D eigenvalue weighted by Crippen LogP contribution is -2.36. The Bertz CT molecular complexity index is 1420. The minimum Gasteiger partial charge on any atom is -0.461 e. The molecule has 290 valence electrons. The number of anilines is 1. The number of fused-ring (bicyclic) bond motifs is 1. The summed E-state index contributed by atoms with van der Waals surface area (Å²) in [5, 5.41) is 35.7. The zero-order valence-corrected chi connectivity index (χ0v) is 32.5. The molecule has 10 nitrogen and oxygen atoms in total. The molecule has 0 radical (unpaired) electrons. The molecule has 0 amide bonds. The summed E-state index contributed by atoms with van der Waals surface area (Å²) in [6.07, 6.45) is 25.8. The minimum absolute atomic E-state index is 0.238. The maximum Gasteiger partial charge on any atom is 0.306 e. The van der Waals surface area contributed by atoms with Crippen molar-refractivity contribution in [1.82, 2.24) is 0 Å². The standard InChI is InChI=1S/C42H65N3O7/c1-6-8-10-17-33(26-30-52-40(46)21-11-9-12-29-43-38-25-22-35(44(48)49)31-39(38)45(50)51)18-13-19-34-20-15-28-42(5)36(23-24-37(34)42)32(3)16-14-27-41(4,47)7-2/h13,18-19,22,25-26,31-32,36-37,43,47H,6-12,14-17,20-21,23-24,27-30H2,1-5H3/b18-13-,33-26+,34-19+/t32-,36?,37?,41?,42?/m1/s1. The van der Waals surface area contributed by atoms with Crippen molar-refractivity contribution >= 4 is 23.0 Å². The van der Waals surface area contributed by atoms with E-state index in [9.17, 15) is 30.1 Å². The zero-order valence-electron chi connectivity index (χ0n) is 32.5. The molecule has 2 fully saturated rings. The predicted octanol–water partition coefficient (Wildman–Crippen LogP) is 11.2. The highest BCUT2D eigenvalue weighted by atomic mass is 16.6. The van der Waals surface area contributed by atoms with E-state index >= 15 is 0 Å². The summed E-state index contributed by atoms with van der Waals surface area (Å²) in [7, 11) is 0. The van der Waals surface area contributed by atoms with Crippen molar-refractivity contribution in [3.05, 3.63) is 73.9 Å². The Kier molecular flexibility index (Phi) is 17.5. The van der Waals surface area contributed by atoms with Crippen LogP contribution in [0, 0.1) is 43.4 Å². The number of carbonyl (C=O) groups excluding carboxylic acids is 1. The maximum absolute atomic E-state index is 12.5. The minimum atomic E-state index is -0.657. The lowest BCUT2D eigenvalue weighted by molar-refractivity contribution is -0.393. The molecule has 2 aliphatic carbocycles. The summed E-state index contributed by atoms with van der Waals surface area (Å²) in [4.78, 5) is 33.4. The number of nitro benzene ring substituents is 2. The van der Waals surface area contributed by atoms with Crippen molar-refractivity contribution < 1.29 is 24.5 Å². The largest absolute Gasteiger partial charge is 0.461 e. The average Bonchev–Trinajstić information content (AvgIpc) is 3.47. The molecule has 0 aromatic heterocycles. The maximum atomic E-state index is 12.5. The van der Waals surface area contributed by atoms with E-state index in [1.165, 1.54) is 56.2 Å². The zero-order chi connectivity index (χ0) is 38.1. The van der Waals surface area contributed by atoms with Gasteiger partial charge in [-0.1, -0.05) is 83.6 Å². The molecule has 2 N–H and O–H groups in total. The molecule has 3 rings (SSSR count). The number of aliphatic hydroxyl groups is 1. The fourth-order valence-corrected chi connectivity index (χ4v) is 8.57. The molecule has 10 heteroatoms. The molecule has 0 spiro atoms. The van der Waals surface area contributed by atoms with Crippen LogP contribution in [0.5, 0.6) is 0 Å². The molecule has 0 aliphatic heterocycles. The summed E-state index contributed by atoms with van der Waals surface area (Å²) in [5.74, 6) is 1.81. The number of nitrogens with zero attached hydrogens (tertiary/aromatic N) is 2. The molecule has 0 bridgehead atoms. The molecule has 52 heavy (non-hydrogen) atoms. The van der Waals surface area contributed by atoms with E-state index in [1.54, 1.807) is 5.57 Å². The molecular weight excluding hydrogens is 658 g/mol. The van der Waals surface area contributed by atoms with Gasteiger partial charge in [0, 0.05) is 19.0 Å². The van der Waals surface area contributed by atoms with Gasteiger partial charge in [0.2, 0.25) is 0 Å². The molecule has 5 atom stereocenters. The third kappa shape index (κ3) is 13.2. The third-order valence-corrected chi connectivity index (χ3v) is 11.9. The Labute approximate surface area is 311 Å². The Morgan fingerprint density at radius 1 is 1.10 bits per heavy atom. The number of hydrogen-bond donors (Lipinski definition) is 2. The fraction of sp³-hybridized carbons (Fsp3) is 0.690. The van der Waals surface area contributed by atoms with Crippen molar-refractivity contribution in [2.24, 2.45) is 23.2 Å². The molecule has 4 unspecified atom stereocenters. The molecule has 1 aromatic carbocycles. The van der Waals surface area contributed by atoms with Crippen LogP contribution in [0.1, 0.15) is 144 Å². The summed E-state index contributed by atoms with van der Waals surface area (Å²) in [6, 6.07) is 3.55. The normalized spacial score (nSPS) is 23.0. The lowest BCUT2D eigenvalue weighted by atomic mass is 9.60. The third-order valence-electron chi connectivity index (χ3n) is 11.9.